The highest BCUT2D eigenvalue weighted by Crippen LogP contribution is 2.47. The average Bonchev–Trinajstić information content (AvgIpc) is 3.72. The van der Waals surface area contributed by atoms with Crippen LogP contribution < -0.4 is 10.6 Å². The highest BCUT2D eigenvalue weighted by molar-refractivity contribution is 5.95. The first-order valence-electron chi connectivity index (χ1n) is 14.6. The van der Waals surface area contributed by atoms with E-state index in [0.29, 0.717) is 35.5 Å². The van der Waals surface area contributed by atoms with Crippen LogP contribution in [0.4, 0.5) is 10.6 Å². The molecule has 6 rings (SSSR count). The Morgan fingerprint density at radius 3 is 2.65 bits per heavy atom. The summed E-state index contributed by atoms with van der Waals surface area (Å²) in [7, 11) is 0. The van der Waals surface area contributed by atoms with Gasteiger partial charge in [-0.1, -0.05) is 54.6 Å². The van der Waals surface area contributed by atoms with E-state index < -0.39 is 12.3 Å². The molecule has 0 bridgehead atoms. The van der Waals surface area contributed by atoms with Crippen LogP contribution in [0.1, 0.15) is 53.7 Å². The van der Waals surface area contributed by atoms with E-state index in [9.17, 15) is 14.7 Å². The second kappa shape index (κ2) is 12.7. The monoisotopic (exact) mass is 582 g/mol. The van der Waals surface area contributed by atoms with Crippen LogP contribution in [0, 0.1) is 5.92 Å². The van der Waals surface area contributed by atoms with Gasteiger partial charge < -0.3 is 24.5 Å². The molecule has 43 heavy (non-hydrogen) atoms. The Morgan fingerprint density at radius 1 is 1.05 bits per heavy atom. The topological polar surface area (TPSA) is 140 Å². The fourth-order valence-corrected chi connectivity index (χ4v) is 6.16. The smallest absolute Gasteiger partial charge is 0.335 e. The van der Waals surface area contributed by atoms with Gasteiger partial charge in [-0.05, 0) is 61.8 Å². The lowest BCUT2D eigenvalue weighted by molar-refractivity contribution is -0.0507. The van der Waals surface area contributed by atoms with Gasteiger partial charge in [-0.3, -0.25) is 5.32 Å². The number of urea groups is 1. The number of carbonyl (C=O) groups is 2. The molecule has 3 heterocycles. The van der Waals surface area contributed by atoms with E-state index in [1.807, 2.05) is 66.1 Å². The maximum absolute atomic E-state index is 12.2. The number of carbonyl (C=O) groups excluding carboxylic acids is 1. The first kappa shape index (κ1) is 28.5. The van der Waals surface area contributed by atoms with Gasteiger partial charge in [0.25, 0.3) is 0 Å². The molecule has 2 aromatic carbocycles. The van der Waals surface area contributed by atoms with Crippen molar-refractivity contribution in [1.82, 2.24) is 24.8 Å². The molecule has 1 saturated heterocycles. The minimum absolute atomic E-state index is 0.103. The first-order valence-corrected chi connectivity index (χ1v) is 14.6. The third kappa shape index (κ3) is 6.13. The maximum Gasteiger partial charge on any atom is 0.335 e. The number of aromatic carboxylic acids is 1. The number of hydrogen-bond donors (Lipinski definition) is 3. The normalized spacial score (nSPS) is 23.0. The van der Waals surface area contributed by atoms with Gasteiger partial charge in [0.1, 0.15) is 12.4 Å². The molecule has 3 N–H and O–H groups in total. The van der Waals surface area contributed by atoms with E-state index in [4.69, 9.17) is 9.47 Å². The van der Waals surface area contributed by atoms with Crippen LogP contribution in [0.3, 0.4) is 0 Å². The molecular formula is C32H34N6O5. The zero-order valence-corrected chi connectivity index (χ0v) is 23.8. The Balaban J connectivity index is 1.24. The quantitative estimate of drug-likeness (QED) is 0.235. The summed E-state index contributed by atoms with van der Waals surface area (Å²) in [5, 5.41) is 15.1. The Labute approximate surface area is 249 Å². The maximum atomic E-state index is 12.2. The predicted molar refractivity (Wildman–Crippen MR) is 161 cm³/mol. The number of carboxylic acid groups (broad SMARTS) is 1. The van der Waals surface area contributed by atoms with Gasteiger partial charge in [0, 0.05) is 6.54 Å². The Kier molecular flexibility index (Phi) is 8.43. The van der Waals surface area contributed by atoms with Crippen LogP contribution in [0.5, 0.6) is 0 Å². The van der Waals surface area contributed by atoms with Gasteiger partial charge in [0.05, 0.1) is 24.0 Å². The van der Waals surface area contributed by atoms with Crippen LogP contribution in [-0.4, -0.2) is 61.7 Å². The highest BCUT2D eigenvalue weighted by atomic mass is 16.7. The number of amides is 2. The molecule has 0 spiro atoms. The van der Waals surface area contributed by atoms with Crippen molar-refractivity contribution >= 4 is 35.1 Å². The van der Waals surface area contributed by atoms with Crippen molar-refractivity contribution in [2.24, 2.45) is 5.92 Å². The summed E-state index contributed by atoms with van der Waals surface area (Å²) in [5.41, 5.74) is 3.34. The van der Waals surface area contributed by atoms with E-state index >= 15 is 0 Å². The van der Waals surface area contributed by atoms with E-state index in [1.54, 1.807) is 18.5 Å². The molecule has 1 aliphatic heterocycles. The lowest BCUT2D eigenvalue weighted by Crippen LogP contribution is -2.28. The summed E-state index contributed by atoms with van der Waals surface area (Å²) < 4.78 is 15.0. The number of rotatable bonds is 10. The van der Waals surface area contributed by atoms with Crippen molar-refractivity contribution in [3.63, 3.8) is 0 Å². The van der Waals surface area contributed by atoms with Crippen molar-refractivity contribution in [2.45, 2.75) is 57.1 Å². The minimum Gasteiger partial charge on any atom is -0.478 e. The SMILES string of the molecule is CCNC(=O)Nc1ncnc2c1ncn2C1CC(CCCc2ccccc2C(=O)O)C2O[C@H](/C=C/c3ccccc3)OC21. The van der Waals surface area contributed by atoms with Gasteiger partial charge >= 0.3 is 12.0 Å². The van der Waals surface area contributed by atoms with Crippen molar-refractivity contribution in [3.05, 3.63) is 90.0 Å². The lowest BCUT2D eigenvalue weighted by atomic mass is 9.94. The van der Waals surface area contributed by atoms with Gasteiger partial charge in [-0.2, -0.15) is 0 Å². The van der Waals surface area contributed by atoms with Gasteiger partial charge in [0.15, 0.2) is 23.3 Å². The Hall–Kier alpha value is -4.61. The van der Waals surface area contributed by atoms with E-state index in [0.717, 1.165) is 30.4 Å². The molecule has 1 saturated carbocycles. The number of benzene rings is 2. The lowest BCUT2D eigenvalue weighted by Gasteiger charge is -2.19. The van der Waals surface area contributed by atoms with E-state index in [2.05, 4.69) is 25.6 Å². The fourth-order valence-electron chi connectivity index (χ4n) is 6.16. The zero-order valence-electron chi connectivity index (χ0n) is 23.8. The molecule has 11 nitrogen and oxygen atoms in total. The first-order chi connectivity index (χ1) is 21.0. The number of hydrogen-bond acceptors (Lipinski definition) is 7. The van der Waals surface area contributed by atoms with E-state index in [1.165, 1.54) is 6.33 Å². The highest BCUT2D eigenvalue weighted by Gasteiger charge is 2.51. The van der Waals surface area contributed by atoms with Gasteiger partial charge in [-0.25, -0.2) is 24.5 Å². The Bertz CT molecular complexity index is 1620. The molecule has 2 amide bonds. The minimum atomic E-state index is -0.910. The molecule has 11 heteroatoms. The molecule has 4 unspecified atom stereocenters. The van der Waals surface area contributed by atoms with Crippen LogP contribution in [0.2, 0.25) is 0 Å². The summed E-state index contributed by atoms with van der Waals surface area (Å²) in [6.07, 6.45) is 9.27. The summed E-state index contributed by atoms with van der Waals surface area (Å²) in [6.45, 7) is 2.33. The van der Waals surface area contributed by atoms with Crippen molar-refractivity contribution in [2.75, 3.05) is 11.9 Å². The molecule has 5 atom stereocenters. The number of carboxylic acids is 1. The van der Waals surface area contributed by atoms with Crippen molar-refractivity contribution in [3.8, 4) is 0 Å². The Morgan fingerprint density at radius 2 is 1.84 bits per heavy atom. The number of nitrogens with zero attached hydrogens (tertiary/aromatic N) is 4. The third-order valence-corrected chi connectivity index (χ3v) is 8.09. The number of fused-ring (bicyclic) bond motifs is 2. The van der Waals surface area contributed by atoms with Gasteiger partial charge in [-0.15, -0.1) is 0 Å². The second-order valence-electron chi connectivity index (χ2n) is 10.8. The van der Waals surface area contributed by atoms with Crippen LogP contribution in [0.15, 0.2) is 73.3 Å². The van der Waals surface area contributed by atoms with Crippen molar-refractivity contribution in [1.29, 1.82) is 0 Å². The number of aromatic nitrogens is 4. The number of aryl methyl sites for hydroxylation is 1. The zero-order chi connectivity index (χ0) is 29.8. The largest absolute Gasteiger partial charge is 0.478 e. The predicted octanol–water partition coefficient (Wildman–Crippen LogP) is 5.07. The molecule has 2 fully saturated rings. The molecular weight excluding hydrogens is 548 g/mol. The fraction of sp³-hybridized carbons (Fsp3) is 0.344. The van der Waals surface area contributed by atoms with E-state index in [-0.39, 0.29) is 30.2 Å². The molecule has 2 aromatic heterocycles. The molecule has 4 aromatic rings. The number of anilines is 1. The summed E-state index contributed by atoms with van der Waals surface area (Å²) >= 11 is 0. The van der Waals surface area contributed by atoms with Gasteiger partial charge in [0.2, 0.25) is 0 Å². The third-order valence-electron chi connectivity index (χ3n) is 8.09. The summed E-state index contributed by atoms with van der Waals surface area (Å²) in [4.78, 5) is 37.2. The molecule has 2 aliphatic rings. The summed E-state index contributed by atoms with van der Waals surface area (Å²) in [5.74, 6) is -0.397. The van der Waals surface area contributed by atoms with Crippen LogP contribution in [-0.2, 0) is 15.9 Å². The summed E-state index contributed by atoms with van der Waals surface area (Å²) in [6, 6.07) is 16.7. The molecule has 222 valence electrons. The number of ether oxygens (including phenoxy) is 2. The second-order valence-corrected chi connectivity index (χ2v) is 10.8. The van der Waals surface area contributed by atoms with Crippen molar-refractivity contribution < 1.29 is 24.2 Å². The number of imidazole rings is 1. The van der Waals surface area contributed by atoms with Crippen LogP contribution in [0.25, 0.3) is 17.2 Å². The number of nitrogens with one attached hydrogen (secondary N) is 2. The molecule has 1 aliphatic carbocycles. The molecule has 0 radical (unpaired) electrons. The average molecular weight is 583 g/mol. The van der Waals surface area contributed by atoms with Crippen LogP contribution >= 0.6 is 0 Å². The standard InChI is InChI=1S/C32H34N6O5/c1-2-33-32(41)37-29-26-30(35-18-34-29)38(19-36-26)24-17-22(13-8-12-21-11-6-7-14-23(21)31(39)40)27-28(24)43-25(42-27)16-15-20-9-4-3-5-10-20/h3-7,9-11,14-16,18-19,22,24-25,27-28H,2,8,12-13,17H2,1H3,(H,39,40)(H2,33,34,35,37,41)/b16-15+/t22?,24?,25-,27?,28?/m0/s1.